The summed E-state index contributed by atoms with van der Waals surface area (Å²) >= 11 is 7.52. The van der Waals surface area contributed by atoms with Crippen LogP contribution in [-0.2, 0) is 0 Å². The second-order valence-corrected chi connectivity index (χ2v) is 6.93. The molecule has 1 atom stereocenters. The molecule has 2 aromatic heterocycles. The molecule has 0 fully saturated rings. The molecule has 26 heavy (non-hydrogen) atoms. The minimum atomic E-state index is -1.13. The van der Waals surface area contributed by atoms with E-state index < -0.39 is 23.6 Å². The minimum absolute atomic E-state index is 0.131. The number of carbonyl (C=O) groups is 1. The zero-order valence-corrected chi connectivity index (χ0v) is 15.3. The monoisotopic (exact) mass is 396 g/mol. The maximum absolute atomic E-state index is 13.5. The van der Waals surface area contributed by atoms with Gasteiger partial charge in [-0.1, -0.05) is 17.7 Å². The van der Waals surface area contributed by atoms with Gasteiger partial charge in [-0.05, 0) is 42.7 Å². The van der Waals surface area contributed by atoms with Gasteiger partial charge in [-0.25, -0.2) is 8.78 Å². The Labute approximate surface area is 157 Å². The van der Waals surface area contributed by atoms with Gasteiger partial charge in [0, 0.05) is 6.20 Å². The third-order valence-corrected chi connectivity index (χ3v) is 4.78. The van der Waals surface area contributed by atoms with E-state index in [4.69, 9.17) is 11.6 Å². The summed E-state index contributed by atoms with van der Waals surface area (Å²) in [5.41, 5.74) is 0.519. The lowest BCUT2D eigenvalue weighted by Crippen LogP contribution is -2.30. The number of benzene rings is 1. The Balaban J connectivity index is 1.92. The summed E-state index contributed by atoms with van der Waals surface area (Å²) in [5, 5.41) is 10.9. The molecule has 0 radical (unpaired) electrons. The van der Waals surface area contributed by atoms with E-state index in [0.717, 1.165) is 17.9 Å². The predicted molar refractivity (Wildman–Crippen MR) is 97.6 cm³/mol. The Morgan fingerprint density at radius 3 is 2.85 bits per heavy atom. The number of nitrogens with zero attached hydrogens (tertiary/aromatic N) is 3. The first-order valence-electron chi connectivity index (χ1n) is 7.75. The van der Waals surface area contributed by atoms with Crippen molar-refractivity contribution in [2.75, 3.05) is 12.0 Å². The number of halogens is 3. The van der Waals surface area contributed by atoms with Crippen LogP contribution in [0.15, 0.2) is 36.5 Å². The molecular formula is C17H15ClF2N4OS. The van der Waals surface area contributed by atoms with Crippen molar-refractivity contribution in [3.05, 3.63) is 64.6 Å². The van der Waals surface area contributed by atoms with Gasteiger partial charge in [0.2, 0.25) is 0 Å². The van der Waals surface area contributed by atoms with E-state index in [2.05, 4.69) is 15.5 Å². The van der Waals surface area contributed by atoms with Crippen LogP contribution in [0.4, 0.5) is 8.78 Å². The molecule has 3 aromatic rings. The average Bonchev–Trinajstić information content (AvgIpc) is 3.05. The summed E-state index contributed by atoms with van der Waals surface area (Å²) in [5.74, 6) is -1.52. The molecule has 1 aromatic carbocycles. The van der Waals surface area contributed by atoms with E-state index in [1.165, 1.54) is 0 Å². The van der Waals surface area contributed by atoms with Gasteiger partial charge in [0.05, 0.1) is 16.6 Å². The van der Waals surface area contributed by atoms with Crippen molar-refractivity contribution in [3.8, 4) is 0 Å². The quantitative estimate of drug-likeness (QED) is 0.642. The second kappa shape index (κ2) is 8.01. The van der Waals surface area contributed by atoms with Crippen LogP contribution >= 0.6 is 23.4 Å². The standard InChI is InChI=1S/C17H15ClF2N4OS/c1-26-7-5-14(16-23-22-15-4-2-3-6-24(15)16)21-17(25)10-8-12(19)13(20)9-11(10)18/h2-4,6,8-9,14H,5,7H2,1H3,(H,21,25). The van der Waals surface area contributed by atoms with E-state index in [-0.39, 0.29) is 10.6 Å². The molecule has 136 valence electrons. The number of rotatable bonds is 6. The number of aromatic nitrogens is 3. The first-order valence-corrected chi connectivity index (χ1v) is 9.52. The van der Waals surface area contributed by atoms with Gasteiger partial charge in [0.15, 0.2) is 23.1 Å². The number of amides is 1. The van der Waals surface area contributed by atoms with Gasteiger partial charge < -0.3 is 5.32 Å². The summed E-state index contributed by atoms with van der Waals surface area (Å²) in [6.07, 6.45) is 4.34. The van der Waals surface area contributed by atoms with Crippen LogP contribution in [0.3, 0.4) is 0 Å². The Kier molecular flexibility index (Phi) is 5.73. The van der Waals surface area contributed by atoms with Crippen molar-refractivity contribution in [2.24, 2.45) is 0 Å². The molecule has 1 N–H and O–H groups in total. The summed E-state index contributed by atoms with van der Waals surface area (Å²) in [6.45, 7) is 0. The van der Waals surface area contributed by atoms with E-state index in [1.54, 1.807) is 28.4 Å². The molecule has 0 bridgehead atoms. The summed E-state index contributed by atoms with van der Waals surface area (Å²) in [4.78, 5) is 12.6. The number of thioether (sulfide) groups is 1. The highest BCUT2D eigenvalue weighted by atomic mass is 35.5. The Bertz CT molecular complexity index is 950. The van der Waals surface area contributed by atoms with E-state index in [0.29, 0.717) is 17.9 Å². The third-order valence-electron chi connectivity index (χ3n) is 3.82. The number of nitrogens with one attached hydrogen (secondary N) is 1. The van der Waals surface area contributed by atoms with Crippen molar-refractivity contribution in [2.45, 2.75) is 12.5 Å². The van der Waals surface area contributed by atoms with Crippen molar-refractivity contribution >= 4 is 34.9 Å². The average molecular weight is 397 g/mol. The fraction of sp³-hybridized carbons (Fsp3) is 0.235. The Hall–Kier alpha value is -2.19. The first-order chi connectivity index (χ1) is 12.5. The lowest BCUT2D eigenvalue weighted by Gasteiger charge is -2.17. The fourth-order valence-electron chi connectivity index (χ4n) is 2.53. The maximum Gasteiger partial charge on any atom is 0.253 e. The summed E-state index contributed by atoms with van der Waals surface area (Å²) < 4.78 is 28.5. The highest BCUT2D eigenvalue weighted by Gasteiger charge is 2.23. The van der Waals surface area contributed by atoms with E-state index in [1.807, 2.05) is 18.4 Å². The molecular weight excluding hydrogens is 382 g/mol. The largest absolute Gasteiger partial charge is 0.342 e. The van der Waals surface area contributed by atoms with Crippen LogP contribution in [0.1, 0.15) is 28.6 Å². The van der Waals surface area contributed by atoms with Crippen molar-refractivity contribution in [1.82, 2.24) is 19.9 Å². The van der Waals surface area contributed by atoms with Crippen LogP contribution in [0.25, 0.3) is 5.65 Å². The SMILES string of the molecule is CSCCC(NC(=O)c1cc(F)c(F)cc1Cl)c1nnc2ccccn12. The minimum Gasteiger partial charge on any atom is -0.342 e. The molecule has 3 rings (SSSR count). The smallest absolute Gasteiger partial charge is 0.253 e. The molecule has 9 heteroatoms. The van der Waals surface area contributed by atoms with Crippen LogP contribution in [0, 0.1) is 11.6 Å². The molecule has 0 spiro atoms. The molecule has 0 aliphatic rings. The Morgan fingerprint density at radius 2 is 2.08 bits per heavy atom. The van der Waals surface area contributed by atoms with Crippen molar-refractivity contribution in [3.63, 3.8) is 0 Å². The fourth-order valence-corrected chi connectivity index (χ4v) is 3.24. The molecule has 0 saturated heterocycles. The Morgan fingerprint density at radius 1 is 1.31 bits per heavy atom. The zero-order chi connectivity index (χ0) is 18.7. The molecule has 1 unspecified atom stereocenters. The van der Waals surface area contributed by atoms with Gasteiger partial charge in [-0.15, -0.1) is 10.2 Å². The van der Waals surface area contributed by atoms with E-state index >= 15 is 0 Å². The second-order valence-electron chi connectivity index (χ2n) is 5.54. The maximum atomic E-state index is 13.5. The molecule has 5 nitrogen and oxygen atoms in total. The molecule has 1 amide bonds. The molecule has 0 aliphatic carbocycles. The van der Waals surface area contributed by atoms with Crippen molar-refractivity contribution in [1.29, 1.82) is 0 Å². The summed E-state index contributed by atoms with van der Waals surface area (Å²) in [7, 11) is 0. The number of fused-ring (bicyclic) bond motifs is 1. The van der Waals surface area contributed by atoms with Gasteiger partial charge in [-0.3, -0.25) is 9.20 Å². The summed E-state index contributed by atoms with van der Waals surface area (Å²) in [6, 6.07) is 6.59. The van der Waals surface area contributed by atoms with Gasteiger partial charge in [0.25, 0.3) is 5.91 Å². The van der Waals surface area contributed by atoms with Crippen LogP contribution in [0.5, 0.6) is 0 Å². The topological polar surface area (TPSA) is 59.3 Å². The lowest BCUT2D eigenvalue weighted by molar-refractivity contribution is 0.0933. The van der Waals surface area contributed by atoms with Gasteiger partial charge in [-0.2, -0.15) is 11.8 Å². The van der Waals surface area contributed by atoms with Gasteiger partial charge >= 0.3 is 0 Å². The van der Waals surface area contributed by atoms with E-state index in [9.17, 15) is 13.6 Å². The van der Waals surface area contributed by atoms with Gasteiger partial charge in [0.1, 0.15) is 0 Å². The van der Waals surface area contributed by atoms with Crippen LogP contribution < -0.4 is 5.32 Å². The highest BCUT2D eigenvalue weighted by Crippen LogP contribution is 2.23. The third kappa shape index (κ3) is 3.81. The number of hydrogen-bond acceptors (Lipinski definition) is 4. The predicted octanol–water partition coefficient (Wildman–Crippen LogP) is 3.89. The van der Waals surface area contributed by atoms with Crippen LogP contribution in [0.2, 0.25) is 5.02 Å². The number of carbonyl (C=O) groups excluding carboxylic acids is 1. The van der Waals surface area contributed by atoms with Crippen LogP contribution in [-0.4, -0.2) is 32.5 Å². The number of hydrogen-bond donors (Lipinski definition) is 1. The lowest BCUT2D eigenvalue weighted by atomic mass is 10.1. The first kappa shape index (κ1) is 18.6. The molecule has 2 heterocycles. The normalized spacial score (nSPS) is 12.3. The molecule has 0 aliphatic heterocycles. The molecule has 0 saturated carbocycles. The van der Waals surface area contributed by atoms with Crippen molar-refractivity contribution < 1.29 is 13.6 Å². The number of pyridine rings is 1. The zero-order valence-electron chi connectivity index (χ0n) is 13.7. The highest BCUT2D eigenvalue weighted by molar-refractivity contribution is 7.98.